The number of urea groups is 1. The molecule has 0 bridgehead atoms. The minimum Gasteiger partial charge on any atom is -0.339 e. The van der Waals surface area contributed by atoms with Gasteiger partial charge in [0, 0.05) is 42.8 Å². The molecule has 0 radical (unpaired) electrons. The van der Waals surface area contributed by atoms with E-state index in [1.807, 2.05) is 4.90 Å². The summed E-state index contributed by atoms with van der Waals surface area (Å²) in [5.74, 6) is 1.13. The molecule has 3 saturated heterocycles. The summed E-state index contributed by atoms with van der Waals surface area (Å²) < 4.78 is 23.9. The monoisotopic (exact) mass is 433 g/mol. The third kappa shape index (κ3) is 4.63. The Morgan fingerprint density at radius 3 is 2.37 bits per heavy atom. The van der Waals surface area contributed by atoms with E-state index in [1.165, 1.54) is 0 Å². The van der Waals surface area contributed by atoms with Gasteiger partial charge in [-0.15, -0.1) is 0 Å². The number of anilines is 1. The smallest absolute Gasteiger partial charge is 0.321 e. The van der Waals surface area contributed by atoms with Crippen LogP contribution in [-0.2, 0) is 9.84 Å². The number of carbonyl (C=O) groups excluding carboxylic acids is 2. The zero-order chi connectivity index (χ0) is 21.4. The average molecular weight is 434 g/mol. The molecule has 3 heterocycles. The van der Waals surface area contributed by atoms with Gasteiger partial charge in [0.1, 0.15) is 0 Å². The number of nitrogens with one attached hydrogen (secondary N) is 1. The molecule has 0 aliphatic carbocycles. The van der Waals surface area contributed by atoms with E-state index in [4.69, 9.17) is 0 Å². The second kappa shape index (κ2) is 8.21. The van der Waals surface area contributed by atoms with Crippen molar-refractivity contribution in [3.8, 4) is 0 Å². The summed E-state index contributed by atoms with van der Waals surface area (Å²) in [4.78, 5) is 29.1. The van der Waals surface area contributed by atoms with E-state index in [0.717, 1.165) is 38.8 Å². The van der Waals surface area contributed by atoms with Gasteiger partial charge in [-0.25, -0.2) is 13.2 Å². The molecule has 4 rings (SSSR count). The van der Waals surface area contributed by atoms with Crippen LogP contribution < -0.4 is 5.32 Å². The molecule has 1 aromatic carbocycles. The van der Waals surface area contributed by atoms with E-state index in [9.17, 15) is 18.0 Å². The molecular weight excluding hydrogens is 402 g/mol. The zero-order valence-corrected chi connectivity index (χ0v) is 18.4. The molecule has 3 fully saturated rings. The first kappa shape index (κ1) is 21.2. The van der Waals surface area contributed by atoms with Crippen molar-refractivity contribution in [2.75, 3.05) is 43.0 Å². The normalized spacial score (nSPS) is 26.7. The van der Waals surface area contributed by atoms with Crippen molar-refractivity contribution in [1.29, 1.82) is 0 Å². The van der Waals surface area contributed by atoms with Crippen LogP contribution in [0, 0.1) is 11.3 Å². The van der Waals surface area contributed by atoms with E-state index in [2.05, 4.69) is 12.2 Å². The van der Waals surface area contributed by atoms with Crippen molar-refractivity contribution in [1.82, 2.24) is 9.80 Å². The molecule has 1 N–H and O–H groups in total. The van der Waals surface area contributed by atoms with Crippen molar-refractivity contribution >= 4 is 27.5 Å². The maximum atomic E-state index is 12.8. The second-order valence-corrected chi connectivity index (χ2v) is 11.5. The molecule has 7 nitrogen and oxygen atoms in total. The van der Waals surface area contributed by atoms with Crippen molar-refractivity contribution in [2.24, 2.45) is 11.3 Å². The lowest BCUT2D eigenvalue weighted by Gasteiger charge is -2.39. The minimum atomic E-state index is -2.98. The Balaban J connectivity index is 1.35. The standard InChI is InChI=1S/C22H31N3O4S/c1-17-7-12-24(13-8-17)20(26)18-3-5-19(6-4-18)23-21(27)25-11-2-9-22(15-25)10-14-30(28,29)16-22/h3-6,17H,2,7-16H2,1H3,(H,23,27). The third-order valence-corrected chi connectivity index (χ3v) is 8.75. The van der Waals surface area contributed by atoms with E-state index in [-0.39, 0.29) is 28.9 Å². The Hall–Kier alpha value is -2.09. The zero-order valence-electron chi connectivity index (χ0n) is 17.6. The van der Waals surface area contributed by atoms with Crippen LogP contribution in [0.1, 0.15) is 49.4 Å². The summed E-state index contributed by atoms with van der Waals surface area (Å²) in [5.41, 5.74) is 0.995. The van der Waals surface area contributed by atoms with Crippen LogP contribution in [0.3, 0.4) is 0 Å². The SMILES string of the molecule is CC1CCN(C(=O)c2ccc(NC(=O)N3CCCC4(CCS(=O)(=O)C4)C3)cc2)CC1. The lowest BCUT2D eigenvalue weighted by atomic mass is 9.80. The van der Waals surface area contributed by atoms with Gasteiger partial charge in [0.25, 0.3) is 5.91 Å². The summed E-state index contributed by atoms with van der Waals surface area (Å²) in [6.07, 6.45) is 4.41. The molecule has 1 aromatic rings. The van der Waals surface area contributed by atoms with Gasteiger partial charge in [-0.3, -0.25) is 4.79 Å². The van der Waals surface area contributed by atoms with Crippen LogP contribution in [0.2, 0.25) is 0 Å². The van der Waals surface area contributed by atoms with Gasteiger partial charge in [-0.2, -0.15) is 0 Å². The number of hydrogen-bond donors (Lipinski definition) is 1. The van der Waals surface area contributed by atoms with Crippen LogP contribution in [-0.4, -0.2) is 67.8 Å². The summed E-state index contributed by atoms with van der Waals surface area (Å²) in [7, 11) is -2.98. The van der Waals surface area contributed by atoms with E-state index in [1.54, 1.807) is 29.2 Å². The number of rotatable bonds is 2. The number of nitrogens with zero attached hydrogens (tertiary/aromatic N) is 2. The molecular formula is C22H31N3O4S. The molecule has 3 aliphatic heterocycles. The van der Waals surface area contributed by atoms with Gasteiger partial charge >= 0.3 is 6.03 Å². The summed E-state index contributed by atoms with van der Waals surface area (Å²) in [6.45, 7) is 4.94. The van der Waals surface area contributed by atoms with Gasteiger partial charge in [-0.1, -0.05) is 6.92 Å². The molecule has 3 aliphatic rings. The molecule has 1 atom stereocenters. The predicted octanol–water partition coefficient (Wildman–Crippen LogP) is 2.99. The Labute approximate surface area is 178 Å². The van der Waals surface area contributed by atoms with Crippen LogP contribution in [0.25, 0.3) is 0 Å². The Morgan fingerprint density at radius 2 is 1.73 bits per heavy atom. The fourth-order valence-electron chi connectivity index (χ4n) is 4.98. The van der Waals surface area contributed by atoms with Crippen LogP contribution in [0.5, 0.6) is 0 Å². The second-order valence-electron chi connectivity index (χ2n) is 9.35. The fraction of sp³-hybridized carbons (Fsp3) is 0.636. The minimum absolute atomic E-state index is 0.0418. The molecule has 3 amide bonds. The number of benzene rings is 1. The molecule has 1 spiro atoms. The lowest BCUT2D eigenvalue weighted by molar-refractivity contribution is 0.0697. The number of sulfone groups is 1. The van der Waals surface area contributed by atoms with Gasteiger partial charge in [0.05, 0.1) is 11.5 Å². The first-order valence-electron chi connectivity index (χ1n) is 10.9. The van der Waals surface area contributed by atoms with Gasteiger partial charge in [-0.05, 0) is 62.3 Å². The molecule has 1 unspecified atom stereocenters. The number of carbonyl (C=O) groups is 2. The number of piperidine rings is 2. The van der Waals surface area contributed by atoms with Crippen LogP contribution >= 0.6 is 0 Å². The highest BCUT2D eigenvalue weighted by Gasteiger charge is 2.45. The van der Waals surface area contributed by atoms with Gasteiger partial charge < -0.3 is 15.1 Å². The van der Waals surface area contributed by atoms with Crippen LogP contribution in [0.15, 0.2) is 24.3 Å². The molecule has 30 heavy (non-hydrogen) atoms. The summed E-state index contributed by atoms with van der Waals surface area (Å²) in [5, 5.41) is 2.90. The number of likely N-dealkylation sites (tertiary alicyclic amines) is 2. The van der Waals surface area contributed by atoms with Crippen molar-refractivity contribution in [3.05, 3.63) is 29.8 Å². The van der Waals surface area contributed by atoms with Crippen LogP contribution in [0.4, 0.5) is 10.5 Å². The van der Waals surface area contributed by atoms with E-state index >= 15 is 0 Å². The molecule has 0 saturated carbocycles. The first-order chi connectivity index (χ1) is 14.3. The van der Waals surface area contributed by atoms with Crippen molar-refractivity contribution in [2.45, 2.75) is 39.0 Å². The molecule has 0 aromatic heterocycles. The highest BCUT2D eigenvalue weighted by Crippen LogP contribution is 2.40. The maximum Gasteiger partial charge on any atom is 0.321 e. The number of amides is 3. The lowest BCUT2D eigenvalue weighted by Crippen LogP contribution is -2.48. The van der Waals surface area contributed by atoms with Gasteiger partial charge in [0.15, 0.2) is 9.84 Å². The Bertz CT molecular complexity index is 907. The van der Waals surface area contributed by atoms with E-state index < -0.39 is 9.84 Å². The molecule has 164 valence electrons. The Morgan fingerprint density at radius 1 is 1.03 bits per heavy atom. The van der Waals surface area contributed by atoms with Gasteiger partial charge in [0.2, 0.25) is 0 Å². The third-order valence-electron chi connectivity index (χ3n) is 6.87. The quantitative estimate of drug-likeness (QED) is 0.777. The molecule has 8 heteroatoms. The van der Waals surface area contributed by atoms with Crippen molar-refractivity contribution < 1.29 is 18.0 Å². The highest BCUT2D eigenvalue weighted by atomic mass is 32.2. The first-order valence-corrected chi connectivity index (χ1v) is 12.7. The summed E-state index contributed by atoms with van der Waals surface area (Å²) in [6, 6.07) is 6.84. The fourth-order valence-corrected chi connectivity index (χ4v) is 7.18. The highest BCUT2D eigenvalue weighted by molar-refractivity contribution is 7.91. The largest absolute Gasteiger partial charge is 0.339 e. The topological polar surface area (TPSA) is 86.8 Å². The summed E-state index contributed by atoms with van der Waals surface area (Å²) >= 11 is 0. The maximum absolute atomic E-state index is 12.8. The van der Waals surface area contributed by atoms with Crippen molar-refractivity contribution in [3.63, 3.8) is 0 Å². The van der Waals surface area contributed by atoms with E-state index in [0.29, 0.717) is 36.7 Å². The Kier molecular flexibility index (Phi) is 5.79. The number of hydrogen-bond acceptors (Lipinski definition) is 4. The average Bonchev–Trinajstić information content (AvgIpc) is 3.02. The predicted molar refractivity (Wildman–Crippen MR) is 116 cm³/mol.